The fourth-order valence-corrected chi connectivity index (χ4v) is 2.09. The summed E-state index contributed by atoms with van der Waals surface area (Å²) >= 11 is 11.9. The van der Waals surface area contributed by atoms with Crippen molar-refractivity contribution in [2.24, 2.45) is 0 Å². The molecule has 4 nitrogen and oxygen atoms in total. The van der Waals surface area contributed by atoms with E-state index in [-0.39, 0.29) is 0 Å². The minimum absolute atomic E-state index is 0.487. The highest BCUT2D eigenvalue weighted by Gasteiger charge is 2.09. The summed E-state index contributed by atoms with van der Waals surface area (Å²) in [5, 5.41) is 13.5. The Kier molecular flexibility index (Phi) is 4.78. The zero-order valence-electron chi connectivity index (χ0n) is 10.1. The standard InChI is InChI=1S/C13H11Cl2N3O/c14-10-5-4-9(11(15)8-10)7-12-17-13(19-18-12)3-1-2-6-16/h4-5,8H,1-3,7H2. The molecule has 0 saturated carbocycles. The van der Waals surface area contributed by atoms with E-state index in [2.05, 4.69) is 16.2 Å². The number of benzene rings is 1. The van der Waals surface area contributed by atoms with E-state index in [1.54, 1.807) is 12.1 Å². The zero-order chi connectivity index (χ0) is 13.7. The van der Waals surface area contributed by atoms with E-state index in [9.17, 15) is 0 Å². The van der Waals surface area contributed by atoms with Crippen molar-refractivity contribution in [2.75, 3.05) is 0 Å². The highest BCUT2D eigenvalue weighted by Crippen LogP contribution is 2.22. The van der Waals surface area contributed by atoms with Crippen LogP contribution in [-0.4, -0.2) is 10.1 Å². The van der Waals surface area contributed by atoms with E-state index in [0.717, 1.165) is 12.0 Å². The van der Waals surface area contributed by atoms with Crippen molar-refractivity contribution >= 4 is 23.2 Å². The molecule has 0 aliphatic rings. The van der Waals surface area contributed by atoms with E-state index >= 15 is 0 Å². The Balaban J connectivity index is 2.01. The molecule has 0 fully saturated rings. The molecule has 0 unspecified atom stereocenters. The molecule has 0 N–H and O–H groups in total. The Bertz CT molecular complexity index is 604. The first-order valence-corrected chi connectivity index (χ1v) is 6.57. The first-order chi connectivity index (χ1) is 9.19. The Labute approximate surface area is 120 Å². The van der Waals surface area contributed by atoms with Gasteiger partial charge in [0.2, 0.25) is 5.89 Å². The normalized spacial score (nSPS) is 10.4. The van der Waals surface area contributed by atoms with Crippen LogP contribution in [0.3, 0.4) is 0 Å². The molecule has 6 heteroatoms. The van der Waals surface area contributed by atoms with Crippen molar-refractivity contribution in [1.82, 2.24) is 10.1 Å². The molecule has 0 amide bonds. The lowest BCUT2D eigenvalue weighted by atomic mass is 10.1. The van der Waals surface area contributed by atoms with Gasteiger partial charge in [-0.25, -0.2) is 0 Å². The molecule has 0 bridgehead atoms. The molecule has 1 aromatic carbocycles. The highest BCUT2D eigenvalue weighted by molar-refractivity contribution is 6.35. The minimum atomic E-state index is 0.487. The summed E-state index contributed by atoms with van der Waals surface area (Å²) < 4.78 is 5.11. The first-order valence-electron chi connectivity index (χ1n) is 5.81. The van der Waals surface area contributed by atoms with Crippen molar-refractivity contribution in [3.63, 3.8) is 0 Å². The van der Waals surface area contributed by atoms with Crippen LogP contribution in [0.5, 0.6) is 0 Å². The molecule has 0 atom stereocenters. The maximum absolute atomic E-state index is 8.46. The Hall–Kier alpha value is -1.57. The number of aromatic nitrogens is 2. The largest absolute Gasteiger partial charge is 0.339 e. The lowest BCUT2D eigenvalue weighted by Gasteiger charge is -2.00. The molecule has 0 aliphatic carbocycles. The van der Waals surface area contributed by atoms with E-state index in [1.165, 1.54) is 0 Å². The van der Waals surface area contributed by atoms with Crippen molar-refractivity contribution in [3.05, 3.63) is 45.5 Å². The molecular formula is C13H11Cl2N3O. The second-order valence-corrected chi connectivity index (χ2v) is 4.87. The summed E-state index contributed by atoms with van der Waals surface area (Å²) in [7, 11) is 0. The number of nitriles is 1. The van der Waals surface area contributed by atoms with Gasteiger partial charge < -0.3 is 4.52 Å². The Morgan fingerprint density at radius 3 is 2.89 bits per heavy atom. The van der Waals surface area contributed by atoms with Crippen LogP contribution in [0.1, 0.15) is 30.1 Å². The summed E-state index contributed by atoms with van der Waals surface area (Å²) in [5.41, 5.74) is 0.899. The number of nitrogens with zero attached hydrogens (tertiary/aromatic N) is 3. The summed E-state index contributed by atoms with van der Waals surface area (Å²) in [6.07, 6.45) is 2.33. The van der Waals surface area contributed by atoms with Gasteiger partial charge in [-0.05, 0) is 24.1 Å². The third kappa shape index (κ3) is 3.95. The summed E-state index contributed by atoms with van der Waals surface area (Å²) in [6, 6.07) is 7.38. The molecule has 19 heavy (non-hydrogen) atoms. The van der Waals surface area contributed by atoms with Gasteiger partial charge in [-0.3, -0.25) is 0 Å². The van der Waals surface area contributed by atoms with Gasteiger partial charge in [0.05, 0.1) is 6.07 Å². The van der Waals surface area contributed by atoms with Gasteiger partial charge in [0, 0.05) is 29.3 Å². The average Bonchev–Trinajstić information content (AvgIpc) is 2.81. The van der Waals surface area contributed by atoms with Gasteiger partial charge in [0.15, 0.2) is 5.82 Å². The van der Waals surface area contributed by atoms with E-state index in [1.807, 2.05) is 6.07 Å². The van der Waals surface area contributed by atoms with Crippen LogP contribution in [0.15, 0.2) is 22.7 Å². The molecule has 2 rings (SSSR count). The lowest BCUT2D eigenvalue weighted by Crippen LogP contribution is -1.93. The fraction of sp³-hybridized carbons (Fsp3) is 0.308. The molecule has 98 valence electrons. The molecule has 1 heterocycles. The van der Waals surface area contributed by atoms with Crippen molar-refractivity contribution in [2.45, 2.75) is 25.7 Å². The number of hydrogen-bond acceptors (Lipinski definition) is 4. The van der Waals surface area contributed by atoms with E-state index in [0.29, 0.717) is 41.0 Å². The average molecular weight is 296 g/mol. The molecule has 2 aromatic rings. The number of unbranched alkanes of at least 4 members (excludes halogenated alkanes) is 1. The minimum Gasteiger partial charge on any atom is -0.339 e. The first kappa shape index (κ1) is 13.9. The van der Waals surface area contributed by atoms with Crippen LogP contribution >= 0.6 is 23.2 Å². The van der Waals surface area contributed by atoms with Crippen LogP contribution < -0.4 is 0 Å². The van der Waals surface area contributed by atoms with Gasteiger partial charge in [0.1, 0.15) is 0 Å². The second kappa shape index (κ2) is 6.55. The maximum Gasteiger partial charge on any atom is 0.226 e. The lowest BCUT2D eigenvalue weighted by molar-refractivity contribution is 0.371. The molecule has 1 aromatic heterocycles. The third-order valence-electron chi connectivity index (χ3n) is 2.55. The van der Waals surface area contributed by atoms with Crippen LogP contribution in [0.25, 0.3) is 0 Å². The second-order valence-electron chi connectivity index (χ2n) is 4.03. The van der Waals surface area contributed by atoms with Gasteiger partial charge in [-0.15, -0.1) is 0 Å². The van der Waals surface area contributed by atoms with Crippen LogP contribution in [-0.2, 0) is 12.8 Å². The van der Waals surface area contributed by atoms with Gasteiger partial charge in [-0.2, -0.15) is 10.2 Å². The van der Waals surface area contributed by atoms with Crippen molar-refractivity contribution < 1.29 is 4.52 Å². The summed E-state index contributed by atoms with van der Waals surface area (Å²) in [4.78, 5) is 4.26. The van der Waals surface area contributed by atoms with Crippen molar-refractivity contribution in [3.8, 4) is 6.07 Å². The maximum atomic E-state index is 8.46. The van der Waals surface area contributed by atoms with Gasteiger partial charge >= 0.3 is 0 Å². The quantitative estimate of drug-likeness (QED) is 0.787. The summed E-state index contributed by atoms with van der Waals surface area (Å²) in [5.74, 6) is 1.13. The van der Waals surface area contributed by atoms with E-state index < -0.39 is 0 Å². The molecular weight excluding hydrogens is 285 g/mol. The van der Waals surface area contributed by atoms with E-state index in [4.69, 9.17) is 33.0 Å². The zero-order valence-corrected chi connectivity index (χ0v) is 11.6. The van der Waals surface area contributed by atoms with Crippen LogP contribution in [0, 0.1) is 11.3 Å². The molecule has 0 aliphatic heterocycles. The van der Waals surface area contributed by atoms with Crippen LogP contribution in [0.4, 0.5) is 0 Å². The van der Waals surface area contributed by atoms with Gasteiger partial charge in [-0.1, -0.05) is 34.4 Å². The number of hydrogen-bond donors (Lipinski definition) is 0. The Morgan fingerprint density at radius 2 is 2.16 bits per heavy atom. The monoisotopic (exact) mass is 295 g/mol. The SMILES string of the molecule is N#CCCCc1nc(Cc2ccc(Cl)cc2Cl)no1. The molecule has 0 radical (unpaired) electrons. The predicted octanol–water partition coefficient (Wildman–Crippen LogP) is 3.81. The van der Waals surface area contributed by atoms with Crippen LogP contribution in [0.2, 0.25) is 10.0 Å². The van der Waals surface area contributed by atoms with Crippen molar-refractivity contribution in [1.29, 1.82) is 5.26 Å². The van der Waals surface area contributed by atoms with Gasteiger partial charge in [0.25, 0.3) is 0 Å². The summed E-state index contributed by atoms with van der Waals surface area (Å²) in [6.45, 7) is 0. The molecule has 0 saturated heterocycles. The molecule has 0 spiro atoms. The predicted molar refractivity (Wildman–Crippen MR) is 72.1 cm³/mol. The number of aryl methyl sites for hydroxylation is 1. The number of rotatable bonds is 5. The topological polar surface area (TPSA) is 62.7 Å². The smallest absolute Gasteiger partial charge is 0.226 e. The third-order valence-corrected chi connectivity index (χ3v) is 3.14. The number of halogens is 2. The Morgan fingerprint density at radius 1 is 1.32 bits per heavy atom. The fourth-order valence-electron chi connectivity index (χ4n) is 1.62. The highest BCUT2D eigenvalue weighted by atomic mass is 35.5.